The van der Waals surface area contributed by atoms with Crippen LogP contribution in [0.25, 0.3) is 0 Å². The van der Waals surface area contributed by atoms with Crippen LogP contribution in [-0.4, -0.2) is 25.1 Å². The Balaban J connectivity index is 2.53. The van der Waals surface area contributed by atoms with Crippen LogP contribution in [0.3, 0.4) is 0 Å². The van der Waals surface area contributed by atoms with Gasteiger partial charge in [-0.2, -0.15) is 0 Å². The van der Waals surface area contributed by atoms with E-state index in [9.17, 15) is 4.79 Å². The van der Waals surface area contributed by atoms with E-state index < -0.39 is 0 Å². The summed E-state index contributed by atoms with van der Waals surface area (Å²) < 4.78 is 4.78. The van der Waals surface area contributed by atoms with Gasteiger partial charge in [0.15, 0.2) is 0 Å². The van der Waals surface area contributed by atoms with E-state index >= 15 is 0 Å². The van der Waals surface area contributed by atoms with Crippen LogP contribution in [0.5, 0.6) is 0 Å². The topological polar surface area (TPSA) is 51.2 Å². The Hall–Kier alpha value is -1.58. The molecule has 86 valence electrons. The Morgan fingerprint density at radius 1 is 1.56 bits per heavy atom. The second-order valence-electron chi connectivity index (χ2n) is 4.09. The standard InChI is InChI=1S/C12H16N2O2/c1-7-6-9(12(15)16-3)11(13-2)10(14-7)8-4-5-8/h6,8,13H,4-5H2,1-3H3. The molecule has 1 fully saturated rings. The van der Waals surface area contributed by atoms with Gasteiger partial charge in [0, 0.05) is 18.7 Å². The second kappa shape index (κ2) is 4.12. The maximum atomic E-state index is 11.7. The van der Waals surface area contributed by atoms with Gasteiger partial charge in [-0.15, -0.1) is 0 Å². The molecule has 0 aromatic carbocycles. The molecular weight excluding hydrogens is 204 g/mol. The molecule has 1 aliphatic carbocycles. The third-order valence-corrected chi connectivity index (χ3v) is 2.79. The molecule has 1 aromatic heterocycles. The maximum Gasteiger partial charge on any atom is 0.340 e. The summed E-state index contributed by atoms with van der Waals surface area (Å²) in [5, 5.41) is 3.06. The van der Waals surface area contributed by atoms with E-state index in [1.807, 2.05) is 14.0 Å². The monoisotopic (exact) mass is 220 g/mol. The van der Waals surface area contributed by atoms with Gasteiger partial charge in [0.2, 0.25) is 0 Å². The lowest BCUT2D eigenvalue weighted by Crippen LogP contribution is -2.10. The number of aryl methyl sites for hydroxylation is 1. The van der Waals surface area contributed by atoms with E-state index in [1.165, 1.54) is 7.11 Å². The average Bonchev–Trinajstić information content (AvgIpc) is 3.10. The summed E-state index contributed by atoms with van der Waals surface area (Å²) in [5.41, 5.74) is 3.27. The lowest BCUT2D eigenvalue weighted by molar-refractivity contribution is 0.0601. The van der Waals surface area contributed by atoms with Crippen LogP contribution < -0.4 is 5.32 Å². The zero-order chi connectivity index (χ0) is 11.7. The van der Waals surface area contributed by atoms with Crippen molar-refractivity contribution in [2.45, 2.75) is 25.7 Å². The van der Waals surface area contributed by atoms with Gasteiger partial charge in [-0.05, 0) is 25.8 Å². The lowest BCUT2D eigenvalue weighted by atomic mass is 10.1. The van der Waals surface area contributed by atoms with Crippen LogP contribution in [0.15, 0.2) is 6.07 Å². The highest BCUT2D eigenvalue weighted by atomic mass is 16.5. The first kappa shape index (κ1) is 10.9. The van der Waals surface area contributed by atoms with E-state index in [2.05, 4.69) is 10.3 Å². The summed E-state index contributed by atoms with van der Waals surface area (Å²) in [4.78, 5) is 16.2. The molecular formula is C12H16N2O2. The molecule has 1 heterocycles. The molecule has 0 spiro atoms. The summed E-state index contributed by atoms with van der Waals surface area (Å²) in [6.45, 7) is 1.90. The number of hydrogen-bond acceptors (Lipinski definition) is 4. The van der Waals surface area contributed by atoms with Gasteiger partial charge in [0.05, 0.1) is 24.1 Å². The largest absolute Gasteiger partial charge is 0.465 e. The number of esters is 1. The molecule has 1 aromatic rings. The van der Waals surface area contributed by atoms with Crippen molar-refractivity contribution in [3.8, 4) is 0 Å². The number of rotatable bonds is 3. The van der Waals surface area contributed by atoms with E-state index in [0.29, 0.717) is 11.5 Å². The fraction of sp³-hybridized carbons (Fsp3) is 0.500. The second-order valence-corrected chi connectivity index (χ2v) is 4.09. The number of hydrogen-bond donors (Lipinski definition) is 1. The highest BCUT2D eigenvalue weighted by Gasteiger charge is 2.30. The van der Waals surface area contributed by atoms with E-state index in [0.717, 1.165) is 29.9 Å². The van der Waals surface area contributed by atoms with Crippen molar-refractivity contribution in [1.82, 2.24) is 4.98 Å². The summed E-state index contributed by atoms with van der Waals surface area (Å²) in [5.74, 6) is 0.197. The molecule has 1 N–H and O–H groups in total. The summed E-state index contributed by atoms with van der Waals surface area (Å²) in [6, 6.07) is 1.77. The van der Waals surface area contributed by atoms with Crippen LogP contribution in [0.1, 0.15) is 40.5 Å². The van der Waals surface area contributed by atoms with Gasteiger partial charge in [-0.25, -0.2) is 4.79 Å². The Morgan fingerprint density at radius 2 is 2.25 bits per heavy atom. The third-order valence-electron chi connectivity index (χ3n) is 2.79. The molecule has 4 nitrogen and oxygen atoms in total. The smallest absolute Gasteiger partial charge is 0.340 e. The molecule has 0 aliphatic heterocycles. The fourth-order valence-corrected chi connectivity index (χ4v) is 1.88. The number of pyridine rings is 1. The number of ether oxygens (including phenoxy) is 1. The third kappa shape index (κ3) is 1.87. The predicted molar refractivity (Wildman–Crippen MR) is 61.8 cm³/mol. The molecule has 0 bridgehead atoms. The minimum absolute atomic E-state index is 0.309. The van der Waals surface area contributed by atoms with Crippen molar-refractivity contribution in [2.24, 2.45) is 0 Å². The SMILES string of the molecule is CNc1c(C(=O)OC)cc(C)nc1C1CC1. The minimum Gasteiger partial charge on any atom is -0.465 e. The Kier molecular flexibility index (Phi) is 2.81. The minimum atomic E-state index is -0.309. The molecule has 0 amide bonds. The quantitative estimate of drug-likeness (QED) is 0.792. The number of nitrogens with one attached hydrogen (secondary N) is 1. The summed E-state index contributed by atoms with van der Waals surface area (Å²) >= 11 is 0. The normalized spacial score (nSPS) is 14.7. The van der Waals surface area contributed by atoms with Crippen LogP contribution in [0.4, 0.5) is 5.69 Å². The van der Waals surface area contributed by atoms with Crippen molar-refractivity contribution < 1.29 is 9.53 Å². The molecule has 1 saturated carbocycles. The van der Waals surface area contributed by atoms with E-state index in [4.69, 9.17) is 4.74 Å². The Morgan fingerprint density at radius 3 is 2.75 bits per heavy atom. The first-order chi connectivity index (χ1) is 7.67. The molecule has 16 heavy (non-hydrogen) atoms. The molecule has 4 heteroatoms. The number of carbonyl (C=O) groups excluding carboxylic acids is 1. The van der Waals surface area contributed by atoms with E-state index in [-0.39, 0.29) is 5.97 Å². The Bertz CT molecular complexity index is 425. The summed E-state index contributed by atoms with van der Waals surface area (Å²) in [6.07, 6.45) is 2.32. The van der Waals surface area contributed by atoms with Crippen molar-refractivity contribution in [3.63, 3.8) is 0 Å². The van der Waals surface area contributed by atoms with Gasteiger partial charge in [-0.1, -0.05) is 0 Å². The number of nitrogens with zero attached hydrogens (tertiary/aromatic N) is 1. The predicted octanol–water partition coefficient (Wildman–Crippen LogP) is 2.10. The first-order valence-corrected chi connectivity index (χ1v) is 5.45. The molecule has 0 atom stereocenters. The molecule has 0 radical (unpaired) electrons. The van der Waals surface area contributed by atoms with Gasteiger partial charge in [-0.3, -0.25) is 4.98 Å². The van der Waals surface area contributed by atoms with Crippen LogP contribution in [0.2, 0.25) is 0 Å². The lowest BCUT2D eigenvalue weighted by Gasteiger charge is -2.13. The van der Waals surface area contributed by atoms with Gasteiger partial charge in [0.1, 0.15) is 0 Å². The fourth-order valence-electron chi connectivity index (χ4n) is 1.88. The highest BCUT2D eigenvalue weighted by molar-refractivity contribution is 5.96. The molecule has 1 aliphatic rings. The molecule has 0 saturated heterocycles. The van der Waals surface area contributed by atoms with Gasteiger partial charge < -0.3 is 10.1 Å². The van der Waals surface area contributed by atoms with Crippen molar-refractivity contribution in [3.05, 3.63) is 23.0 Å². The maximum absolute atomic E-state index is 11.7. The van der Waals surface area contributed by atoms with Crippen LogP contribution >= 0.6 is 0 Å². The van der Waals surface area contributed by atoms with Crippen LogP contribution in [0, 0.1) is 6.92 Å². The Labute approximate surface area is 95.0 Å². The van der Waals surface area contributed by atoms with Crippen molar-refractivity contribution >= 4 is 11.7 Å². The number of anilines is 1. The van der Waals surface area contributed by atoms with Crippen molar-refractivity contribution in [2.75, 3.05) is 19.5 Å². The molecule has 0 unspecified atom stereocenters. The zero-order valence-corrected chi connectivity index (χ0v) is 9.83. The number of methoxy groups -OCH3 is 1. The number of aromatic nitrogens is 1. The summed E-state index contributed by atoms with van der Waals surface area (Å²) in [7, 11) is 3.21. The van der Waals surface area contributed by atoms with E-state index in [1.54, 1.807) is 6.07 Å². The highest BCUT2D eigenvalue weighted by Crippen LogP contribution is 2.43. The average molecular weight is 220 g/mol. The first-order valence-electron chi connectivity index (χ1n) is 5.45. The molecule has 2 rings (SSSR count). The van der Waals surface area contributed by atoms with Crippen molar-refractivity contribution in [1.29, 1.82) is 0 Å². The number of carbonyl (C=O) groups is 1. The van der Waals surface area contributed by atoms with Gasteiger partial charge in [0.25, 0.3) is 0 Å². The van der Waals surface area contributed by atoms with Gasteiger partial charge >= 0.3 is 5.97 Å². The zero-order valence-electron chi connectivity index (χ0n) is 9.83. The van der Waals surface area contributed by atoms with Crippen LogP contribution in [-0.2, 0) is 4.74 Å².